The van der Waals surface area contributed by atoms with Gasteiger partial charge in [-0.1, -0.05) is 29.8 Å². The summed E-state index contributed by atoms with van der Waals surface area (Å²) in [5.74, 6) is 0. The zero-order chi connectivity index (χ0) is 13.6. The molecule has 0 heterocycles. The average molecular weight is 270 g/mol. The van der Waals surface area contributed by atoms with Gasteiger partial charge in [0.1, 0.15) is 0 Å². The van der Waals surface area contributed by atoms with Gasteiger partial charge in [-0.15, -0.1) is 0 Å². The van der Waals surface area contributed by atoms with Crippen LogP contribution in [0.15, 0.2) is 24.3 Å². The Labute approximate surface area is 116 Å². The van der Waals surface area contributed by atoms with Gasteiger partial charge in [-0.2, -0.15) is 0 Å². The standard InChI is InChI=1S/C15H24ClNO/c1-12(17-10-9-15(2,3)18-4)11-13-7-5-6-8-14(13)16/h5-8,12,17H,9-11H2,1-4H3. The Kier molecular flexibility index (Phi) is 6.13. The lowest BCUT2D eigenvalue weighted by Crippen LogP contribution is -2.34. The summed E-state index contributed by atoms with van der Waals surface area (Å²) in [6, 6.07) is 8.43. The lowest BCUT2D eigenvalue weighted by molar-refractivity contribution is 0.0154. The Morgan fingerprint density at radius 1 is 1.33 bits per heavy atom. The lowest BCUT2D eigenvalue weighted by Gasteiger charge is -2.24. The van der Waals surface area contributed by atoms with Crippen LogP contribution in [0.25, 0.3) is 0 Å². The molecule has 1 aromatic carbocycles. The van der Waals surface area contributed by atoms with Gasteiger partial charge < -0.3 is 10.1 Å². The molecular formula is C15H24ClNO. The molecule has 102 valence electrons. The van der Waals surface area contributed by atoms with Gasteiger partial charge in [0.05, 0.1) is 5.60 Å². The molecule has 0 bridgehead atoms. The summed E-state index contributed by atoms with van der Waals surface area (Å²) in [5.41, 5.74) is 1.14. The van der Waals surface area contributed by atoms with E-state index in [0.29, 0.717) is 6.04 Å². The first kappa shape index (κ1) is 15.5. The summed E-state index contributed by atoms with van der Waals surface area (Å²) in [7, 11) is 1.76. The van der Waals surface area contributed by atoms with Gasteiger partial charge in [-0.05, 0) is 51.8 Å². The molecule has 1 N–H and O–H groups in total. The van der Waals surface area contributed by atoms with Crippen molar-refractivity contribution in [3.05, 3.63) is 34.9 Å². The summed E-state index contributed by atoms with van der Waals surface area (Å²) in [4.78, 5) is 0. The fourth-order valence-electron chi connectivity index (χ4n) is 1.79. The predicted molar refractivity (Wildman–Crippen MR) is 78.3 cm³/mol. The van der Waals surface area contributed by atoms with Gasteiger partial charge in [-0.25, -0.2) is 0 Å². The lowest BCUT2D eigenvalue weighted by atomic mass is 10.0. The molecule has 0 radical (unpaired) electrons. The van der Waals surface area contributed by atoms with Crippen LogP contribution < -0.4 is 5.32 Å². The van der Waals surface area contributed by atoms with E-state index in [4.69, 9.17) is 16.3 Å². The van der Waals surface area contributed by atoms with Crippen LogP contribution in [0.4, 0.5) is 0 Å². The Morgan fingerprint density at radius 3 is 2.61 bits per heavy atom. The quantitative estimate of drug-likeness (QED) is 0.815. The number of rotatable bonds is 7. The number of methoxy groups -OCH3 is 1. The van der Waals surface area contributed by atoms with Gasteiger partial charge >= 0.3 is 0 Å². The third kappa shape index (κ3) is 5.38. The second-order valence-corrected chi connectivity index (χ2v) is 5.77. The van der Waals surface area contributed by atoms with Gasteiger partial charge in [0, 0.05) is 18.2 Å². The highest BCUT2D eigenvalue weighted by molar-refractivity contribution is 6.31. The van der Waals surface area contributed by atoms with Crippen molar-refractivity contribution in [2.75, 3.05) is 13.7 Å². The van der Waals surface area contributed by atoms with Crippen molar-refractivity contribution >= 4 is 11.6 Å². The number of hydrogen-bond donors (Lipinski definition) is 1. The minimum Gasteiger partial charge on any atom is -0.379 e. The van der Waals surface area contributed by atoms with E-state index in [2.05, 4.69) is 32.2 Å². The van der Waals surface area contributed by atoms with E-state index in [1.165, 1.54) is 5.56 Å². The average Bonchev–Trinajstić information content (AvgIpc) is 2.32. The predicted octanol–water partition coefficient (Wildman–Crippen LogP) is 3.68. The molecule has 1 atom stereocenters. The molecule has 1 rings (SSSR count). The van der Waals surface area contributed by atoms with Gasteiger partial charge in [-0.3, -0.25) is 0 Å². The number of halogens is 1. The Morgan fingerprint density at radius 2 is 2.00 bits per heavy atom. The summed E-state index contributed by atoms with van der Waals surface area (Å²) < 4.78 is 5.40. The summed E-state index contributed by atoms with van der Waals surface area (Å²) in [6.07, 6.45) is 1.95. The zero-order valence-electron chi connectivity index (χ0n) is 11.8. The largest absolute Gasteiger partial charge is 0.379 e. The summed E-state index contributed by atoms with van der Waals surface area (Å²) in [5, 5.41) is 4.36. The van der Waals surface area contributed by atoms with Crippen molar-refractivity contribution in [1.29, 1.82) is 0 Å². The third-order valence-electron chi connectivity index (χ3n) is 3.26. The summed E-state index contributed by atoms with van der Waals surface area (Å²) >= 11 is 6.15. The smallest absolute Gasteiger partial charge is 0.0634 e. The van der Waals surface area contributed by atoms with Crippen molar-refractivity contribution in [3.63, 3.8) is 0 Å². The molecule has 0 aliphatic heterocycles. The summed E-state index contributed by atoms with van der Waals surface area (Å²) in [6.45, 7) is 7.34. The minimum absolute atomic E-state index is 0.0584. The van der Waals surface area contributed by atoms with Crippen molar-refractivity contribution in [2.45, 2.75) is 45.3 Å². The van der Waals surface area contributed by atoms with Gasteiger partial charge in [0.25, 0.3) is 0 Å². The van der Waals surface area contributed by atoms with E-state index < -0.39 is 0 Å². The molecule has 0 spiro atoms. The maximum absolute atomic E-state index is 6.15. The molecule has 2 nitrogen and oxygen atoms in total. The van der Waals surface area contributed by atoms with E-state index in [1.807, 2.05) is 18.2 Å². The van der Waals surface area contributed by atoms with Crippen LogP contribution in [0.2, 0.25) is 5.02 Å². The highest BCUT2D eigenvalue weighted by Gasteiger charge is 2.16. The highest BCUT2D eigenvalue weighted by Crippen LogP contribution is 2.17. The number of hydrogen-bond acceptors (Lipinski definition) is 2. The molecule has 3 heteroatoms. The molecule has 0 aromatic heterocycles. The van der Waals surface area contributed by atoms with Crippen LogP contribution in [0.1, 0.15) is 32.8 Å². The van der Waals surface area contributed by atoms with E-state index in [-0.39, 0.29) is 5.60 Å². The molecule has 1 unspecified atom stereocenters. The maximum atomic E-state index is 6.15. The first-order chi connectivity index (χ1) is 8.44. The van der Waals surface area contributed by atoms with Crippen LogP contribution in [-0.4, -0.2) is 25.3 Å². The Bertz CT molecular complexity index is 365. The van der Waals surface area contributed by atoms with E-state index >= 15 is 0 Å². The Balaban J connectivity index is 2.34. The third-order valence-corrected chi connectivity index (χ3v) is 3.63. The second kappa shape index (κ2) is 7.13. The van der Waals surface area contributed by atoms with Gasteiger partial charge in [0.15, 0.2) is 0 Å². The van der Waals surface area contributed by atoms with E-state index in [0.717, 1.165) is 24.4 Å². The van der Waals surface area contributed by atoms with Crippen molar-refractivity contribution < 1.29 is 4.74 Å². The van der Waals surface area contributed by atoms with Crippen LogP contribution in [0, 0.1) is 0 Å². The molecule has 0 fully saturated rings. The van der Waals surface area contributed by atoms with Crippen LogP contribution in [0.3, 0.4) is 0 Å². The second-order valence-electron chi connectivity index (χ2n) is 5.36. The molecule has 0 aliphatic carbocycles. The molecule has 1 aromatic rings. The van der Waals surface area contributed by atoms with Crippen LogP contribution in [-0.2, 0) is 11.2 Å². The highest BCUT2D eigenvalue weighted by atomic mass is 35.5. The maximum Gasteiger partial charge on any atom is 0.0634 e. The molecule has 0 amide bonds. The van der Waals surface area contributed by atoms with Crippen LogP contribution >= 0.6 is 11.6 Å². The van der Waals surface area contributed by atoms with E-state index in [9.17, 15) is 0 Å². The van der Waals surface area contributed by atoms with Crippen molar-refractivity contribution in [1.82, 2.24) is 5.32 Å². The SMILES string of the molecule is COC(C)(C)CCNC(C)Cc1ccccc1Cl. The fourth-order valence-corrected chi connectivity index (χ4v) is 2.00. The Hall–Kier alpha value is -0.570. The topological polar surface area (TPSA) is 21.3 Å². The number of ether oxygens (including phenoxy) is 1. The molecule has 0 aliphatic rings. The molecular weight excluding hydrogens is 246 g/mol. The van der Waals surface area contributed by atoms with Crippen LogP contribution in [0.5, 0.6) is 0 Å². The number of benzene rings is 1. The zero-order valence-corrected chi connectivity index (χ0v) is 12.6. The normalized spacial score (nSPS) is 13.6. The van der Waals surface area contributed by atoms with Crippen molar-refractivity contribution in [3.8, 4) is 0 Å². The number of nitrogens with one attached hydrogen (secondary N) is 1. The molecule has 0 saturated carbocycles. The molecule has 18 heavy (non-hydrogen) atoms. The minimum atomic E-state index is -0.0584. The monoisotopic (exact) mass is 269 g/mol. The van der Waals surface area contributed by atoms with E-state index in [1.54, 1.807) is 7.11 Å². The first-order valence-electron chi connectivity index (χ1n) is 6.46. The fraction of sp³-hybridized carbons (Fsp3) is 0.600. The first-order valence-corrected chi connectivity index (χ1v) is 6.84. The van der Waals surface area contributed by atoms with Gasteiger partial charge in [0.2, 0.25) is 0 Å². The van der Waals surface area contributed by atoms with Crippen molar-refractivity contribution in [2.24, 2.45) is 0 Å². The molecule has 0 saturated heterocycles.